The van der Waals surface area contributed by atoms with E-state index >= 15 is 0 Å². The Hall–Kier alpha value is -0.820. The number of aliphatic hydroxyl groups is 1. The third-order valence-electron chi connectivity index (χ3n) is 1.94. The summed E-state index contributed by atoms with van der Waals surface area (Å²) in [5.74, 6) is 2.58. The van der Waals surface area contributed by atoms with E-state index in [-0.39, 0.29) is 0 Å². The molecule has 14 heavy (non-hydrogen) atoms. The maximum Gasteiger partial charge on any atom is 0.0922 e. The van der Waals surface area contributed by atoms with Crippen LogP contribution in [-0.4, -0.2) is 18.2 Å². The van der Waals surface area contributed by atoms with E-state index in [4.69, 9.17) is 6.42 Å². The Kier molecular flexibility index (Phi) is 5.31. The average Bonchev–Trinajstić information content (AvgIpc) is 2.70. The van der Waals surface area contributed by atoms with Crippen LogP contribution in [0.5, 0.6) is 0 Å². The molecule has 0 bridgehead atoms. The van der Waals surface area contributed by atoms with Crippen molar-refractivity contribution in [2.75, 3.05) is 13.1 Å². The quantitative estimate of drug-likeness (QED) is 0.553. The number of terminal acetylenes is 1. The smallest absolute Gasteiger partial charge is 0.0922 e. The van der Waals surface area contributed by atoms with Crippen molar-refractivity contribution in [3.8, 4) is 12.3 Å². The summed E-state index contributed by atoms with van der Waals surface area (Å²) >= 11 is 1.60. The molecule has 0 saturated heterocycles. The molecule has 1 unspecified atom stereocenters. The van der Waals surface area contributed by atoms with Gasteiger partial charge in [-0.3, -0.25) is 0 Å². The first kappa shape index (κ1) is 11.3. The maximum atomic E-state index is 9.67. The van der Waals surface area contributed by atoms with Crippen LogP contribution in [0.4, 0.5) is 0 Å². The Morgan fingerprint density at radius 3 is 3.14 bits per heavy atom. The van der Waals surface area contributed by atoms with Gasteiger partial charge in [-0.25, -0.2) is 0 Å². The number of nitrogens with one attached hydrogen (secondary N) is 1. The Balaban J connectivity index is 2.10. The van der Waals surface area contributed by atoms with Gasteiger partial charge in [-0.1, -0.05) is 0 Å². The SMILES string of the molecule is C#CCCCNCC(O)c1ccsc1. The predicted octanol–water partition coefficient (Wildman–Crippen LogP) is 1.78. The fraction of sp³-hybridized carbons (Fsp3) is 0.455. The van der Waals surface area contributed by atoms with Gasteiger partial charge in [-0.2, -0.15) is 11.3 Å². The molecule has 0 aromatic carbocycles. The summed E-state index contributed by atoms with van der Waals surface area (Å²) in [5.41, 5.74) is 0.986. The summed E-state index contributed by atoms with van der Waals surface area (Å²) < 4.78 is 0. The molecule has 1 heterocycles. The Morgan fingerprint density at radius 2 is 2.50 bits per heavy atom. The van der Waals surface area contributed by atoms with Gasteiger partial charge in [0, 0.05) is 13.0 Å². The highest BCUT2D eigenvalue weighted by molar-refractivity contribution is 7.07. The molecular weight excluding hydrogens is 194 g/mol. The molecule has 1 aromatic rings. The number of hydrogen-bond donors (Lipinski definition) is 2. The van der Waals surface area contributed by atoms with Crippen molar-refractivity contribution in [3.05, 3.63) is 22.4 Å². The zero-order chi connectivity index (χ0) is 10.2. The van der Waals surface area contributed by atoms with Gasteiger partial charge in [0.25, 0.3) is 0 Å². The van der Waals surface area contributed by atoms with Crippen LogP contribution in [0.3, 0.4) is 0 Å². The van der Waals surface area contributed by atoms with Crippen LogP contribution in [0.2, 0.25) is 0 Å². The summed E-state index contributed by atoms with van der Waals surface area (Å²) in [5, 5.41) is 16.8. The lowest BCUT2D eigenvalue weighted by Gasteiger charge is -2.09. The first-order valence-corrected chi connectivity index (χ1v) is 5.63. The van der Waals surface area contributed by atoms with Crippen LogP contribution in [-0.2, 0) is 0 Å². The second-order valence-corrected chi connectivity index (χ2v) is 3.86. The van der Waals surface area contributed by atoms with E-state index < -0.39 is 6.10 Å². The summed E-state index contributed by atoms with van der Waals surface area (Å²) in [6, 6.07) is 1.94. The highest BCUT2D eigenvalue weighted by Crippen LogP contribution is 2.14. The number of aliphatic hydroxyl groups excluding tert-OH is 1. The highest BCUT2D eigenvalue weighted by atomic mass is 32.1. The second kappa shape index (κ2) is 6.61. The molecule has 0 amide bonds. The van der Waals surface area contributed by atoms with E-state index in [1.165, 1.54) is 0 Å². The Bertz CT molecular complexity index is 276. The predicted molar refractivity (Wildman–Crippen MR) is 60.2 cm³/mol. The summed E-state index contributed by atoms with van der Waals surface area (Å²) in [6.07, 6.45) is 6.48. The van der Waals surface area contributed by atoms with Gasteiger partial charge in [0.2, 0.25) is 0 Å². The molecule has 76 valence electrons. The van der Waals surface area contributed by atoms with Crippen molar-refractivity contribution in [2.45, 2.75) is 18.9 Å². The van der Waals surface area contributed by atoms with Crippen molar-refractivity contribution >= 4 is 11.3 Å². The molecule has 0 aliphatic heterocycles. The van der Waals surface area contributed by atoms with Crippen molar-refractivity contribution in [3.63, 3.8) is 0 Å². The van der Waals surface area contributed by atoms with Gasteiger partial charge in [-0.15, -0.1) is 12.3 Å². The third-order valence-corrected chi connectivity index (χ3v) is 2.64. The number of thiophene rings is 1. The number of rotatable bonds is 6. The van der Waals surface area contributed by atoms with Crippen LogP contribution >= 0.6 is 11.3 Å². The fourth-order valence-corrected chi connectivity index (χ4v) is 1.84. The van der Waals surface area contributed by atoms with Crippen LogP contribution < -0.4 is 5.32 Å². The molecule has 0 radical (unpaired) electrons. The molecule has 1 atom stereocenters. The summed E-state index contributed by atoms with van der Waals surface area (Å²) in [4.78, 5) is 0. The van der Waals surface area contributed by atoms with Gasteiger partial charge >= 0.3 is 0 Å². The minimum atomic E-state index is -0.396. The normalized spacial score (nSPS) is 12.3. The molecule has 0 saturated carbocycles. The first-order valence-electron chi connectivity index (χ1n) is 4.69. The van der Waals surface area contributed by atoms with E-state index in [9.17, 15) is 5.11 Å². The van der Waals surface area contributed by atoms with E-state index in [2.05, 4.69) is 11.2 Å². The Morgan fingerprint density at radius 1 is 1.64 bits per heavy atom. The molecule has 0 fully saturated rings. The zero-order valence-electron chi connectivity index (χ0n) is 8.07. The zero-order valence-corrected chi connectivity index (χ0v) is 8.89. The molecule has 1 aromatic heterocycles. The lowest BCUT2D eigenvalue weighted by atomic mass is 10.2. The molecule has 2 nitrogen and oxygen atoms in total. The van der Waals surface area contributed by atoms with Crippen molar-refractivity contribution < 1.29 is 5.11 Å². The van der Waals surface area contributed by atoms with Crippen LogP contribution in [0.1, 0.15) is 24.5 Å². The van der Waals surface area contributed by atoms with Gasteiger partial charge in [0.05, 0.1) is 6.10 Å². The van der Waals surface area contributed by atoms with E-state index in [0.29, 0.717) is 6.54 Å². The molecule has 0 spiro atoms. The molecule has 1 rings (SSSR count). The van der Waals surface area contributed by atoms with E-state index in [1.54, 1.807) is 11.3 Å². The monoisotopic (exact) mass is 209 g/mol. The van der Waals surface area contributed by atoms with Crippen molar-refractivity contribution in [2.24, 2.45) is 0 Å². The van der Waals surface area contributed by atoms with Gasteiger partial charge < -0.3 is 10.4 Å². The minimum absolute atomic E-state index is 0.396. The molecular formula is C11H15NOS. The van der Waals surface area contributed by atoms with Gasteiger partial charge in [0.1, 0.15) is 0 Å². The van der Waals surface area contributed by atoms with Gasteiger partial charge in [0.15, 0.2) is 0 Å². The standard InChI is InChI=1S/C11H15NOS/c1-2-3-4-6-12-8-11(13)10-5-7-14-9-10/h1,5,7,9,11-13H,3-4,6,8H2. The number of unbranched alkanes of at least 4 members (excludes halogenated alkanes) is 1. The topological polar surface area (TPSA) is 32.3 Å². The highest BCUT2D eigenvalue weighted by Gasteiger charge is 2.05. The molecule has 2 N–H and O–H groups in total. The largest absolute Gasteiger partial charge is 0.387 e. The minimum Gasteiger partial charge on any atom is -0.387 e. The van der Waals surface area contributed by atoms with Crippen LogP contribution in [0.15, 0.2) is 16.8 Å². The lowest BCUT2D eigenvalue weighted by Crippen LogP contribution is -2.22. The van der Waals surface area contributed by atoms with E-state index in [0.717, 1.165) is 24.9 Å². The van der Waals surface area contributed by atoms with Crippen LogP contribution in [0.25, 0.3) is 0 Å². The lowest BCUT2D eigenvalue weighted by molar-refractivity contribution is 0.175. The first-order chi connectivity index (χ1) is 6.84. The third kappa shape index (κ3) is 3.93. The average molecular weight is 209 g/mol. The van der Waals surface area contributed by atoms with Crippen molar-refractivity contribution in [1.29, 1.82) is 0 Å². The van der Waals surface area contributed by atoms with E-state index in [1.807, 2.05) is 16.8 Å². The molecule has 3 heteroatoms. The van der Waals surface area contributed by atoms with Gasteiger partial charge in [-0.05, 0) is 35.4 Å². The molecule has 0 aliphatic carbocycles. The van der Waals surface area contributed by atoms with Crippen LogP contribution in [0, 0.1) is 12.3 Å². The maximum absolute atomic E-state index is 9.67. The van der Waals surface area contributed by atoms with Crippen molar-refractivity contribution in [1.82, 2.24) is 5.32 Å². The fourth-order valence-electron chi connectivity index (χ4n) is 1.14. The summed E-state index contributed by atoms with van der Waals surface area (Å²) in [7, 11) is 0. The Labute approximate surface area is 89.0 Å². The molecule has 0 aliphatic rings. The second-order valence-electron chi connectivity index (χ2n) is 3.08. The number of hydrogen-bond acceptors (Lipinski definition) is 3. The summed E-state index contributed by atoms with van der Waals surface area (Å²) in [6.45, 7) is 1.46.